The van der Waals surface area contributed by atoms with Crippen LogP contribution in [0.4, 0.5) is 0 Å². The first kappa shape index (κ1) is 11.1. The minimum Gasteiger partial charge on any atom is -0.412 e. The van der Waals surface area contributed by atoms with Gasteiger partial charge in [0, 0.05) is 0 Å². The molecule has 0 amide bonds. The summed E-state index contributed by atoms with van der Waals surface area (Å²) in [5.74, 6) is 0. The average molecular weight is 168 g/mol. The molecule has 0 bridgehead atoms. The van der Waals surface area contributed by atoms with E-state index >= 15 is 0 Å². The summed E-state index contributed by atoms with van der Waals surface area (Å²) < 4.78 is 0. The van der Waals surface area contributed by atoms with Crippen LogP contribution in [-0.2, 0) is 6.42 Å². The van der Waals surface area contributed by atoms with E-state index in [2.05, 4.69) is 12.1 Å². The van der Waals surface area contributed by atoms with E-state index in [4.69, 9.17) is 5.11 Å². The Balaban J connectivity index is 0.00000121. The molecule has 0 aromatic heterocycles. The summed E-state index contributed by atoms with van der Waals surface area (Å²) in [6.07, 6.45) is 1.64. The fraction of sp³-hybridized carbons (Fsp3) is 0.400. The Bertz CT molecular complexity index is 194. The lowest BCUT2D eigenvalue weighted by molar-refractivity contribution is 0.185. The fourth-order valence-corrected chi connectivity index (χ4v) is 1.02. The largest absolute Gasteiger partial charge is 0.412 e. The zero-order valence-electron chi connectivity index (χ0n) is 7.33. The first-order valence-corrected chi connectivity index (χ1v) is 4.01. The van der Waals surface area contributed by atoms with Crippen LogP contribution in [-0.4, -0.2) is 16.7 Å². The van der Waals surface area contributed by atoms with Gasteiger partial charge < -0.3 is 10.6 Å². The van der Waals surface area contributed by atoms with Gasteiger partial charge in [0.25, 0.3) is 0 Å². The fourth-order valence-electron chi connectivity index (χ4n) is 1.02. The molecule has 1 unspecified atom stereocenters. The molecule has 0 heterocycles. The molecule has 0 saturated carbocycles. The van der Waals surface area contributed by atoms with Gasteiger partial charge in [0.1, 0.15) is 0 Å². The van der Waals surface area contributed by atoms with Crippen LogP contribution in [0, 0.1) is 0 Å². The lowest BCUT2D eigenvalue weighted by atomic mass is 10.1. The van der Waals surface area contributed by atoms with Crippen LogP contribution in [0.1, 0.15) is 18.9 Å². The van der Waals surface area contributed by atoms with E-state index in [1.165, 1.54) is 5.56 Å². The molecule has 2 heteroatoms. The standard InChI is InChI=1S/C10H14O.H2O/c1-9(11)7-8-10-5-3-2-4-6-10;/h2-6,9,11H,7-8H2,1H3;1H2. The van der Waals surface area contributed by atoms with Crippen molar-refractivity contribution in [2.45, 2.75) is 25.9 Å². The van der Waals surface area contributed by atoms with Crippen LogP contribution < -0.4 is 0 Å². The van der Waals surface area contributed by atoms with Gasteiger partial charge in [-0.2, -0.15) is 0 Å². The zero-order chi connectivity index (χ0) is 8.10. The van der Waals surface area contributed by atoms with Crippen LogP contribution in [0.2, 0.25) is 0 Å². The Labute approximate surface area is 73.2 Å². The summed E-state index contributed by atoms with van der Waals surface area (Å²) in [6, 6.07) is 10.2. The Kier molecular flexibility index (Phi) is 5.34. The van der Waals surface area contributed by atoms with Crippen LogP contribution in [0.3, 0.4) is 0 Å². The minimum atomic E-state index is -0.185. The molecule has 1 atom stereocenters. The molecule has 0 aliphatic rings. The van der Waals surface area contributed by atoms with Gasteiger partial charge in [-0.1, -0.05) is 30.3 Å². The highest BCUT2D eigenvalue weighted by Crippen LogP contribution is 2.03. The van der Waals surface area contributed by atoms with Gasteiger partial charge in [-0.15, -0.1) is 0 Å². The van der Waals surface area contributed by atoms with Gasteiger partial charge in [0.15, 0.2) is 0 Å². The van der Waals surface area contributed by atoms with Crippen molar-refractivity contribution in [1.82, 2.24) is 0 Å². The molecule has 2 nitrogen and oxygen atoms in total. The molecule has 0 aliphatic heterocycles. The van der Waals surface area contributed by atoms with Crippen LogP contribution in [0.15, 0.2) is 30.3 Å². The van der Waals surface area contributed by atoms with Crippen LogP contribution in [0.25, 0.3) is 0 Å². The lowest BCUT2D eigenvalue weighted by Crippen LogP contribution is -2.00. The van der Waals surface area contributed by atoms with Crippen molar-refractivity contribution in [1.29, 1.82) is 0 Å². The van der Waals surface area contributed by atoms with E-state index < -0.39 is 0 Å². The highest BCUT2D eigenvalue weighted by molar-refractivity contribution is 5.14. The molecular formula is C10H16O2. The Morgan fingerprint density at radius 1 is 1.25 bits per heavy atom. The van der Waals surface area contributed by atoms with E-state index in [9.17, 15) is 0 Å². The van der Waals surface area contributed by atoms with Crippen molar-refractivity contribution >= 4 is 0 Å². The number of hydrogen-bond donors (Lipinski definition) is 1. The normalized spacial score (nSPS) is 11.8. The Hall–Kier alpha value is -0.860. The highest BCUT2D eigenvalue weighted by Gasteiger charge is 1.95. The molecule has 0 saturated heterocycles. The predicted molar refractivity (Wildman–Crippen MR) is 50.1 cm³/mol. The smallest absolute Gasteiger partial charge is 0.0515 e. The SMILES string of the molecule is CC(O)CCc1ccccc1.O. The van der Waals surface area contributed by atoms with Gasteiger partial charge in [-0.05, 0) is 25.3 Å². The monoisotopic (exact) mass is 168 g/mol. The molecule has 0 radical (unpaired) electrons. The Morgan fingerprint density at radius 2 is 1.83 bits per heavy atom. The number of aryl methyl sites for hydroxylation is 1. The molecule has 1 aromatic carbocycles. The molecule has 3 N–H and O–H groups in total. The summed E-state index contributed by atoms with van der Waals surface area (Å²) in [5, 5.41) is 9.01. The van der Waals surface area contributed by atoms with Gasteiger partial charge in [0.05, 0.1) is 6.10 Å². The molecule has 0 spiro atoms. The summed E-state index contributed by atoms with van der Waals surface area (Å²) in [5.41, 5.74) is 1.30. The molecule has 68 valence electrons. The van der Waals surface area contributed by atoms with Gasteiger partial charge in [-0.3, -0.25) is 0 Å². The maximum absolute atomic E-state index is 9.01. The van der Waals surface area contributed by atoms with E-state index in [0.717, 1.165) is 12.8 Å². The maximum atomic E-state index is 9.01. The topological polar surface area (TPSA) is 51.7 Å². The van der Waals surface area contributed by atoms with Crippen molar-refractivity contribution in [3.8, 4) is 0 Å². The highest BCUT2D eigenvalue weighted by atomic mass is 16.3. The third kappa shape index (κ3) is 4.11. The van der Waals surface area contributed by atoms with E-state index in [0.29, 0.717) is 0 Å². The molecule has 0 aliphatic carbocycles. The minimum absolute atomic E-state index is 0. The number of benzene rings is 1. The van der Waals surface area contributed by atoms with Gasteiger partial charge in [-0.25, -0.2) is 0 Å². The van der Waals surface area contributed by atoms with E-state index in [-0.39, 0.29) is 11.6 Å². The third-order valence-electron chi connectivity index (χ3n) is 1.69. The second-order valence-corrected chi connectivity index (χ2v) is 2.87. The quantitative estimate of drug-likeness (QED) is 0.723. The average Bonchev–Trinajstić information content (AvgIpc) is 2.03. The van der Waals surface area contributed by atoms with E-state index in [1.807, 2.05) is 25.1 Å². The first-order chi connectivity index (χ1) is 5.29. The van der Waals surface area contributed by atoms with Crippen molar-refractivity contribution < 1.29 is 10.6 Å². The second kappa shape index (κ2) is 5.75. The number of hydrogen-bond acceptors (Lipinski definition) is 1. The van der Waals surface area contributed by atoms with E-state index in [1.54, 1.807) is 0 Å². The lowest BCUT2D eigenvalue weighted by Gasteiger charge is -2.02. The zero-order valence-corrected chi connectivity index (χ0v) is 7.33. The van der Waals surface area contributed by atoms with Crippen LogP contribution in [0.5, 0.6) is 0 Å². The molecule has 1 rings (SSSR count). The van der Waals surface area contributed by atoms with Crippen molar-refractivity contribution in [2.75, 3.05) is 0 Å². The number of rotatable bonds is 3. The van der Waals surface area contributed by atoms with Crippen LogP contribution >= 0.6 is 0 Å². The first-order valence-electron chi connectivity index (χ1n) is 4.01. The number of aliphatic hydroxyl groups is 1. The summed E-state index contributed by atoms with van der Waals surface area (Å²) in [7, 11) is 0. The molecule has 12 heavy (non-hydrogen) atoms. The van der Waals surface area contributed by atoms with Gasteiger partial charge in [0.2, 0.25) is 0 Å². The number of aliphatic hydroxyl groups excluding tert-OH is 1. The maximum Gasteiger partial charge on any atom is 0.0515 e. The second-order valence-electron chi connectivity index (χ2n) is 2.87. The van der Waals surface area contributed by atoms with Crippen molar-refractivity contribution in [2.24, 2.45) is 0 Å². The summed E-state index contributed by atoms with van der Waals surface area (Å²) in [6.45, 7) is 1.82. The van der Waals surface area contributed by atoms with Crippen molar-refractivity contribution in [3.05, 3.63) is 35.9 Å². The summed E-state index contributed by atoms with van der Waals surface area (Å²) >= 11 is 0. The molecule has 0 fully saturated rings. The predicted octanol–water partition coefficient (Wildman–Crippen LogP) is 1.18. The molecular weight excluding hydrogens is 152 g/mol. The van der Waals surface area contributed by atoms with Crippen molar-refractivity contribution in [3.63, 3.8) is 0 Å². The van der Waals surface area contributed by atoms with Gasteiger partial charge >= 0.3 is 0 Å². The Morgan fingerprint density at radius 3 is 2.33 bits per heavy atom. The third-order valence-corrected chi connectivity index (χ3v) is 1.69. The summed E-state index contributed by atoms with van der Waals surface area (Å²) in [4.78, 5) is 0. The molecule has 1 aromatic rings.